The van der Waals surface area contributed by atoms with E-state index in [4.69, 9.17) is 0 Å². The molecule has 0 aliphatic carbocycles. The topological polar surface area (TPSA) is 36.4 Å². The largest absolute Gasteiger partial charge is 0.505 e. The van der Waals surface area contributed by atoms with Crippen LogP contribution in [0.4, 0.5) is 13.2 Å². The van der Waals surface area contributed by atoms with E-state index in [-0.39, 0.29) is 11.8 Å². The van der Waals surface area contributed by atoms with Gasteiger partial charge in [0, 0.05) is 17.1 Å². The number of benzene rings is 2. The molecule has 1 atom stereocenters. The van der Waals surface area contributed by atoms with Gasteiger partial charge in [-0.3, -0.25) is 9.88 Å². The molecule has 1 aliphatic heterocycles. The van der Waals surface area contributed by atoms with Crippen molar-refractivity contribution in [2.45, 2.75) is 25.1 Å². The van der Waals surface area contributed by atoms with E-state index in [0.717, 1.165) is 49.0 Å². The van der Waals surface area contributed by atoms with Crippen LogP contribution in [0.15, 0.2) is 54.7 Å². The molecule has 3 aromatic rings. The van der Waals surface area contributed by atoms with Gasteiger partial charge in [-0.05, 0) is 49.7 Å². The number of halogens is 3. The van der Waals surface area contributed by atoms with Crippen molar-refractivity contribution in [3.8, 4) is 5.75 Å². The summed E-state index contributed by atoms with van der Waals surface area (Å²) in [6, 6.07) is 12.3. The Labute approximate surface area is 155 Å². The van der Waals surface area contributed by atoms with Crippen LogP contribution in [0.25, 0.3) is 10.9 Å². The molecule has 0 spiro atoms. The van der Waals surface area contributed by atoms with Gasteiger partial charge in [-0.2, -0.15) is 13.2 Å². The molecule has 1 aromatic heterocycles. The van der Waals surface area contributed by atoms with Gasteiger partial charge >= 0.3 is 6.18 Å². The summed E-state index contributed by atoms with van der Waals surface area (Å²) in [6.07, 6.45) is -0.682. The number of hydrogen-bond acceptors (Lipinski definition) is 3. The van der Waals surface area contributed by atoms with Gasteiger partial charge in [-0.1, -0.05) is 30.3 Å². The molecule has 0 saturated carbocycles. The zero-order chi connectivity index (χ0) is 19.0. The minimum Gasteiger partial charge on any atom is -0.505 e. The van der Waals surface area contributed by atoms with Crippen molar-refractivity contribution in [3.63, 3.8) is 0 Å². The number of phenolic OH excluding ortho intramolecular Hbond substituents is 1. The van der Waals surface area contributed by atoms with Gasteiger partial charge in [-0.25, -0.2) is 0 Å². The Kier molecular flexibility index (Phi) is 4.52. The molecule has 1 N–H and O–H groups in total. The Balaban J connectivity index is 1.82. The smallest absolute Gasteiger partial charge is 0.416 e. The number of fused-ring (bicyclic) bond motifs is 1. The highest BCUT2D eigenvalue weighted by molar-refractivity contribution is 5.85. The standard InChI is InChI=1S/C21H19F3N2O/c22-21(23,24)16-8-5-15(6-9-16)19(26-12-1-2-13-26)17-10-7-14-4-3-11-25-18(14)20(17)27/h3-11,19,27H,1-2,12-13H2/t19-/m1/s1. The maximum absolute atomic E-state index is 12.9. The third kappa shape index (κ3) is 3.37. The predicted octanol–water partition coefficient (Wildman–Crippen LogP) is 5.14. The van der Waals surface area contributed by atoms with E-state index in [2.05, 4.69) is 9.88 Å². The first-order chi connectivity index (χ1) is 12.9. The number of aromatic nitrogens is 1. The molecule has 0 amide bonds. The van der Waals surface area contributed by atoms with Crippen molar-refractivity contribution in [1.29, 1.82) is 0 Å². The fourth-order valence-electron chi connectivity index (χ4n) is 3.81. The van der Waals surface area contributed by atoms with E-state index in [9.17, 15) is 18.3 Å². The van der Waals surface area contributed by atoms with Gasteiger partial charge in [0.25, 0.3) is 0 Å². The Bertz CT molecular complexity index is 948. The molecule has 1 fully saturated rings. The molecule has 0 bridgehead atoms. The summed E-state index contributed by atoms with van der Waals surface area (Å²) in [6.45, 7) is 1.68. The van der Waals surface area contributed by atoms with Crippen LogP contribution < -0.4 is 0 Å². The average molecular weight is 372 g/mol. The molecular formula is C21H19F3N2O. The van der Waals surface area contributed by atoms with Crippen LogP contribution in [-0.2, 0) is 6.18 Å². The van der Waals surface area contributed by atoms with Crippen molar-refractivity contribution in [3.05, 3.63) is 71.4 Å². The molecular weight excluding hydrogens is 353 g/mol. The number of likely N-dealkylation sites (tertiary alicyclic amines) is 1. The lowest BCUT2D eigenvalue weighted by Crippen LogP contribution is -2.26. The molecule has 2 heterocycles. The van der Waals surface area contributed by atoms with Gasteiger partial charge in [0.1, 0.15) is 11.3 Å². The maximum atomic E-state index is 12.9. The molecule has 0 unspecified atom stereocenters. The molecule has 1 aliphatic rings. The van der Waals surface area contributed by atoms with Crippen molar-refractivity contribution < 1.29 is 18.3 Å². The molecule has 27 heavy (non-hydrogen) atoms. The van der Waals surface area contributed by atoms with Gasteiger partial charge in [0.2, 0.25) is 0 Å². The second kappa shape index (κ2) is 6.85. The molecule has 140 valence electrons. The van der Waals surface area contributed by atoms with Gasteiger partial charge in [-0.15, -0.1) is 0 Å². The van der Waals surface area contributed by atoms with E-state index in [1.165, 1.54) is 12.1 Å². The second-order valence-corrected chi connectivity index (χ2v) is 6.84. The fourth-order valence-corrected chi connectivity index (χ4v) is 3.81. The Hall–Kier alpha value is -2.60. The minimum absolute atomic E-state index is 0.0879. The Morgan fingerprint density at radius 1 is 0.963 bits per heavy atom. The SMILES string of the molecule is Oc1c([C@@H](c2ccc(C(F)(F)F)cc2)N2CCCC2)ccc2cccnc12. The normalized spacial score (nSPS) is 16.7. The van der Waals surface area contributed by atoms with Crippen LogP contribution in [0, 0.1) is 0 Å². The van der Waals surface area contributed by atoms with Gasteiger partial charge in [0.15, 0.2) is 0 Å². The quantitative estimate of drug-likeness (QED) is 0.691. The van der Waals surface area contributed by atoms with Crippen LogP contribution in [0.3, 0.4) is 0 Å². The molecule has 0 radical (unpaired) electrons. The molecule has 2 aromatic carbocycles. The lowest BCUT2D eigenvalue weighted by atomic mass is 9.94. The average Bonchev–Trinajstić information content (AvgIpc) is 3.18. The number of aromatic hydroxyl groups is 1. The second-order valence-electron chi connectivity index (χ2n) is 6.84. The lowest BCUT2D eigenvalue weighted by Gasteiger charge is -2.29. The molecule has 4 rings (SSSR count). The minimum atomic E-state index is -4.36. The van der Waals surface area contributed by atoms with E-state index in [1.807, 2.05) is 18.2 Å². The number of pyridine rings is 1. The van der Waals surface area contributed by atoms with Crippen molar-refractivity contribution in [1.82, 2.24) is 9.88 Å². The Morgan fingerprint density at radius 3 is 2.33 bits per heavy atom. The molecule has 1 saturated heterocycles. The monoisotopic (exact) mass is 372 g/mol. The van der Waals surface area contributed by atoms with E-state index < -0.39 is 11.7 Å². The van der Waals surface area contributed by atoms with Crippen LogP contribution in [0.5, 0.6) is 5.75 Å². The number of phenols is 1. The van der Waals surface area contributed by atoms with Crippen LogP contribution in [0.1, 0.15) is 35.6 Å². The summed E-state index contributed by atoms with van der Waals surface area (Å²) in [5.74, 6) is 0.0879. The summed E-state index contributed by atoms with van der Waals surface area (Å²) in [4.78, 5) is 6.47. The van der Waals surface area contributed by atoms with Gasteiger partial charge < -0.3 is 5.11 Å². The summed E-state index contributed by atoms with van der Waals surface area (Å²) < 4.78 is 38.8. The lowest BCUT2D eigenvalue weighted by molar-refractivity contribution is -0.137. The first-order valence-corrected chi connectivity index (χ1v) is 8.93. The van der Waals surface area contributed by atoms with E-state index in [0.29, 0.717) is 11.1 Å². The number of nitrogens with zero attached hydrogens (tertiary/aromatic N) is 2. The zero-order valence-corrected chi connectivity index (χ0v) is 14.6. The highest BCUT2D eigenvalue weighted by atomic mass is 19.4. The first kappa shape index (κ1) is 17.8. The van der Waals surface area contributed by atoms with Crippen molar-refractivity contribution >= 4 is 10.9 Å². The third-order valence-electron chi connectivity index (χ3n) is 5.13. The summed E-state index contributed by atoms with van der Waals surface area (Å²) in [5, 5.41) is 11.7. The van der Waals surface area contributed by atoms with Crippen LogP contribution in [-0.4, -0.2) is 28.1 Å². The number of alkyl halides is 3. The summed E-state index contributed by atoms with van der Waals surface area (Å²) >= 11 is 0. The summed E-state index contributed by atoms with van der Waals surface area (Å²) in [5.41, 5.74) is 1.24. The van der Waals surface area contributed by atoms with Crippen LogP contribution in [0.2, 0.25) is 0 Å². The van der Waals surface area contributed by atoms with Crippen molar-refractivity contribution in [2.24, 2.45) is 0 Å². The predicted molar refractivity (Wildman–Crippen MR) is 97.5 cm³/mol. The van der Waals surface area contributed by atoms with E-state index in [1.54, 1.807) is 12.3 Å². The first-order valence-electron chi connectivity index (χ1n) is 8.93. The number of hydrogen-bond donors (Lipinski definition) is 1. The molecule has 3 nitrogen and oxygen atoms in total. The highest BCUT2D eigenvalue weighted by Gasteiger charge is 2.32. The molecule has 6 heteroatoms. The van der Waals surface area contributed by atoms with Crippen LogP contribution >= 0.6 is 0 Å². The fraction of sp³-hybridized carbons (Fsp3) is 0.286. The highest BCUT2D eigenvalue weighted by Crippen LogP contribution is 2.40. The van der Waals surface area contributed by atoms with Crippen molar-refractivity contribution in [2.75, 3.05) is 13.1 Å². The third-order valence-corrected chi connectivity index (χ3v) is 5.13. The Morgan fingerprint density at radius 2 is 1.67 bits per heavy atom. The zero-order valence-electron chi connectivity index (χ0n) is 14.6. The maximum Gasteiger partial charge on any atom is 0.416 e. The van der Waals surface area contributed by atoms with E-state index >= 15 is 0 Å². The number of rotatable bonds is 3. The summed E-state index contributed by atoms with van der Waals surface area (Å²) in [7, 11) is 0. The van der Waals surface area contributed by atoms with Gasteiger partial charge in [0.05, 0.1) is 11.6 Å².